The number of ether oxygens (including phenoxy) is 1. The highest BCUT2D eigenvalue weighted by Gasteiger charge is 2.20. The molecule has 1 atom stereocenters. The number of aliphatic hydroxyl groups is 1. The Labute approximate surface area is 118 Å². The van der Waals surface area contributed by atoms with Gasteiger partial charge in [0.05, 0.1) is 5.69 Å². The summed E-state index contributed by atoms with van der Waals surface area (Å²) in [4.78, 5) is 22.4. The summed E-state index contributed by atoms with van der Waals surface area (Å²) in [7, 11) is 0. The van der Waals surface area contributed by atoms with Crippen LogP contribution in [0.4, 0.5) is 19.3 Å². The number of carboxylic acids is 1. The molecule has 9 heteroatoms. The Balaban J connectivity index is 2.72. The quantitative estimate of drug-likeness (QED) is 0.606. The van der Waals surface area contributed by atoms with Gasteiger partial charge in [0.1, 0.15) is 11.8 Å². The fourth-order valence-corrected chi connectivity index (χ4v) is 1.47. The molecule has 0 aromatic heterocycles. The van der Waals surface area contributed by atoms with Crippen LogP contribution in [0.25, 0.3) is 0 Å². The number of urea groups is 1. The molecule has 0 radical (unpaired) electrons. The Kier molecular flexibility index (Phi) is 6.34. The van der Waals surface area contributed by atoms with E-state index in [9.17, 15) is 18.4 Å². The summed E-state index contributed by atoms with van der Waals surface area (Å²) in [5, 5.41) is 21.8. The summed E-state index contributed by atoms with van der Waals surface area (Å²) in [6.07, 6.45) is -0.183. The Morgan fingerprint density at radius 1 is 1.29 bits per heavy atom. The second-order valence-electron chi connectivity index (χ2n) is 3.88. The second-order valence-corrected chi connectivity index (χ2v) is 3.88. The molecule has 4 N–H and O–H groups in total. The van der Waals surface area contributed by atoms with Gasteiger partial charge >= 0.3 is 18.6 Å². The number of amides is 2. The first-order valence-corrected chi connectivity index (χ1v) is 5.89. The topological polar surface area (TPSA) is 108 Å². The van der Waals surface area contributed by atoms with E-state index in [0.29, 0.717) is 0 Å². The number of aliphatic hydroxyl groups excluding tert-OH is 1. The van der Waals surface area contributed by atoms with E-state index in [4.69, 9.17) is 10.2 Å². The average Bonchev–Trinajstić information content (AvgIpc) is 2.39. The molecule has 1 aromatic rings. The van der Waals surface area contributed by atoms with Gasteiger partial charge in [0.15, 0.2) is 0 Å². The molecule has 1 rings (SSSR count). The number of nitrogens with one attached hydrogen (secondary N) is 2. The van der Waals surface area contributed by atoms with Crippen molar-refractivity contribution in [1.29, 1.82) is 0 Å². The molecule has 0 saturated heterocycles. The smallest absolute Gasteiger partial charge is 0.387 e. The van der Waals surface area contributed by atoms with Gasteiger partial charge in [-0.1, -0.05) is 12.1 Å². The van der Waals surface area contributed by atoms with Crippen molar-refractivity contribution in [1.82, 2.24) is 5.32 Å². The Hall–Kier alpha value is -2.42. The van der Waals surface area contributed by atoms with Crippen molar-refractivity contribution in [2.75, 3.05) is 11.9 Å². The fraction of sp³-hybridized carbons (Fsp3) is 0.333. The van der Waals surface area contributed by atoms with E-state index >= 15 is 0 Å². The minimum absolute atomic E-state index is 0.0385. The van der Waals surface area contributed by atoms with E-state index in [2.05, 4.69) is 15.4 Å². The highest BCUT2D eigenvalue weighted by Crippen LogP contribution is 2.25. The van der Waals surface area contributed by atoms with E-state index in [-0.39, 0.29) is 17.9 Å². The van der Waals surface area contributed by atoms with Crippen LogP contribution >= 0.6 is 0 Å². The lowest BCUT2D eigenvalue weighted by atomic mass is 10.2. The number of aliphatic carboxylic acids is 1. The van der Waals surface area contributed by atoms with Crippen LogP contribution in [0, 0.1) is 0 Å². The number of hydrogen-bond acceptors (Lipinski definition) is 4. The number of halogens is 2. The summed E-state index contributed by atoms with van der Waals surface area (Å²) < 4.78 is 28.6. The number of benzene rings is 1. The van der Waals surface area contributed by atoms with Crippen molar-refractivity contribution in [2.24, 2.45) is 0 Å². The van der Waals surface area contributed by atoms with Crippen LogP contribution in [0.5, 0.6) is 5.75 Å². The summed E-state index contributed by atoms with van der Waals surface area (Å²) >= 11 is 0. The summed E-state index contributed by atoms with van der Waals surface area (Å²) in [5.41, 5.74) is -0.0385. The number of hydrogen-bond donors (Lipinski definition) is 4. The van der Waals surface area contributed by atoms with Gasteiger partial charge in [0.2, 0.25) is 0 Å². The third-order valence-electron chi connectivity index (χ3n) is 2.37. The van der Waals surface area contributed by atoms with Gasteiger partial charge in [0, 0.05) is 13.0 Å². The molecule has 0 aliphatic carbocycles. The number of carbonyl (C=O) groups is 2. The van der Waals surface area contributed by atoms with Crippen LogP contribution in [-0.4, -0.2) is 41.5 Å². The van der Waals surface area contributed by atoms with Crippen molar-refractivity contribution < 1.29 is 33.3 Å². The van der Waals surface area contributed by atoms with E-state index in [1.165, 1.54) is 24.3 Å². The zero-order valence-corrected chi connectivity index (χ0v) is 10.8. The zero-order chi connectivity index (χ0) is 15.8. The van der Waals surface area contributed by atoms with Crippen LogP contribution in [0.15, 0.2) is 24.3 Å². The Morgan fingerprint density at radius 2 is 1.95 bits per heavy atom. The number of alkyl halides is 2. The normalized spacial score (nSPS) is 11.8. The zero-order valence-electron chi connectivity index (χ0n) is 10.8. The predicted molar refractivity (Wildman–Crippen MR) is 68.4 cm³/mol. The Bertz CT molecular complexity index is 498. The van der Waals surface area contributed by atoms with Gasteiger partial charge in [-0.3, -0.25) is 0 Å². The first-order valence-electron chi connectivity index (χ1n) is 5.89. The predicted octanol–water partition coefficient (Wildman–Crippen LogP) is 1.25. The molecule has 0 unspecified atom stereocenters. The maximum atomic E-state index is 12.2. The highest BCUT2D eigenvalue weighted by atomic mass is 19.3. The lowest BCUT2D eigenvalue weighted by molar-refractivity contribution is -0.139. The van der Waals surface area contributed by atoms with Gasteiger partial charge in [-0.25, -0.2) is 9.59 Å². The molecule has 1 aromatic carbocycles. The number of rotatable bonds is 7. The molecule has 2 amide bonds. The molecule has 0 bridgehead atoms. The van der Waals surface area contributed by atoms with Gasteiger partial charge in [-0.05, 0) is 12.1 Å². The molecule has 0 heterocycles. The van der Waals surface area contributed by atoms with E-state index in [1.807, 2.05) is 0 Å². The second kappa shape index (κ2) is 8.00. The van der Waals surface area contributed by atoms with Gasteiger partial charge in [-0.2, -0.15) is 8.78 Å². The molecular weight excluding hydrogens is 290 g/mol. The molecule has 0 aliphatic heterocycles. The number of anilines is 1. The summed E-state index contributed by atoms with van der Waals surface area (Å²) in [5.74, 6) is -1.58. The maximum Gasteiger partial charge on any atom is 0.387 e. The van der Waals surface area contributed by atoms with Gasteiger partial charge in [-0.15, -0.1) is 0 Å². The number of carbonyl (C=O) groups excluding carboxylic acids is 1. The SMILES string of the molecule is O=C(Nc1ccccc1OC(F)F)N[C@@H](CCO)C(=O)O. The molecule has 0 spiro atoms. The average molecular weight is 304 g/mol. The van der Waals surface area contributed by atoms with Crippen molar-refractivity contribution in [3.05, 3.63) is 24.3 Å². The summed E-state index contributed by atoms with van der Waals surface area (Å²) in [6, 6.07) is 3.26. The van der Waals surface area contributed by atoms with Crippen molar-refractivity contribution in [3.8, 4) is 5.75 Å². The van der Waals surface area contributed by atoms with Crippen LogP contribution in [-0.2, 0) is 4.79 Å². The third kappa shape index (κ3) is 5.61. The molecule has 7 nitrogen and oxygen atoms in total. The van der Waals surface area contributed by atoms with Crippen LogP contribution in [0.1, 0.15) is 6.42 Å². The van der Waals surface area contributed by atoms with Crippen LogP contribution < -0.4 is 15.4 Å². The van der Waals surface area contributed by atoms with Crippen molar-refractivity contribution in [2.45, 2.75) is 19.1 Å². The third-order valence-corrected chi connectivity index (χ3v) is 2.37. The van der Waals surface area contributed by atoms with E-state index < -0.39 is 31.3 Å². The molecule has 116 valence electrons. The monoisotopic (exact) mass is 304 g/mol. The molecule has 0 aliphatic rings. The summed E-state index contributed by atoms with van der Waals surface area (Å²) in [6.45, 7) is -3.49. The molecule has 0 saturated carbocycles. The van der Waals surface area contributed by atoms with Crippen molar-refractivity contribution in [3.63, 3.8) is 0 Å². The molecule has 0 fully saturated rings. The van der Waals surface area contributed by atoms with Crippen molar-refractivity contribution >= 4 is 17.7 Å². The first-order chi connectivity index (χ1) is 9.93. The first kappa shape index (κ1) is 16.6. The van der Waals surface area contributed by atoms with E-state index in [0.717, 1.165) is 0 Å². The lowest BCUT2D eigenvalue weighted by Crippen LogP contribution is -2.43. The lowest BCUT2D eigenvalue weighted by Gasteiger charge is -2.15. The molecular formula is C12H14F2N2O5. The van der Waals surface area contributed by atoms with Gasteiger partial charge in [0.25, 0.3) is 0 Å². The van der Waals surface area contributed by atoms with Gasteiger partial charge < -0.3 is 25.6 Å². The Morgan fingerprint density at radius 3 is 2.52 bits per heavy atom. The number of para-hydroxylation sites is 2. The highest BCUT2D eigenvalue weighted by molar-refractivity contribution is 5.93. The molecule has 21 heavy (non-hydrogen) atoms. The van der Waals surface area contributed by atoms with Crippen LogP contribution in [0.3, 0.4) is 0 Å². The van der Waals surface area contributed by atoms with E-state index in [1.54, 1.807) is 0 Å². The fourth-order valence-electron chi connectivity index (χ4n) is 1.47. The standard InChI is InChI=1S/C12H14F2N2O5/c13-11(14)21-9-4-2-1-3-7(9)15-12(20)16-8(5-6-17)10(18)19/h1-4,8,11,17H,5-6H2,(H,18,19)(H2,15,16,20)/t8-/m0/s1. The maximum absolute atomic E-state index is 12.2. The number of carboxylic acid groups (broad SMARTS) is 1. The largest absolute Gasteiger partial charge is 0.480 e. The minimum Gasteiger partial charge on any atom is -0.480 e. The van der Waals surface area contributed by atoms with Crippen LogP contribution in [0.2, 0.25) is 0 Å². The minimum atomic E-state index is -3.06.